The molecule has 5 heteroatoms. The molecule has 1 aliphatic heterocycles. The Bertz CT molecular complexity index is 682. The molecule has 0 saturated carbocycles. The molecule has 2 N–H and O–H groups in total. The summed E-state index contributed by atoms with van der Waals surface area (Å²) in [6.45, 7) is 6.22. The van der Waals surface area contributed by atoms with Gasteiger partial charge in [0.25, 0.3) is 0 Å². The molecular weight excluding hydrogens is 342 g/mol. The number of nitrogens with zero attached hydrogens (tertiary/aromatic N) is 1. The monoisotopic (exact) mass is 370 g/mol. The van der Waals surface area contributed by atoms with Gasteiger partial charge in [0.05, 0.1) is 33.3 Å². The van der Waals surface area contributed by atoms with Crippen LogP contribution in [-0.2, 0) is 13.0 Å². The fourth-order valence-corrected chi connectivity index (χ4v) is 3.59. The number of methoxy groups -OCH3 is 1. The van der Waals surface area contributed by atoms with E-state index < -0.39 is 0 Å². The number of piperazine rings is 1. The Hall–Kier alpha value is -2.11. The van der Waals surface area contributed by atoms with Gasteiger partial charge in [-0.25, -0.2) is 0 Å². The Morgan fingerprint density at radius 1 is 1.04 bits per heavy atom. The van der Waals surface area contributed by atoms with Crippen LogP contribution in [0.25, 0.3) is 0 Å². The van der Waals surface area contributed by atoms with Gasteiger partial charge in [-0.05, 0) is 48.5 Å². The summed E-state index contributed by atoms with van der Waals surface area (Å²) in [6, 6.07) is 18.9. The summed E-state index contributed by atoms with van der Waals surface area (Å²) in [5, 5.41) is 4.31. The number of nitrogens with one attached hydrogen (secondary N) is 2. The van der Waals surface area contributed by atoms with Gasteiger partial charge in [-0.15, -0.1) is 0 Å². The summed E-state index contributed by atoms with van der Waals surface area (Å²) in [4.78, 5) is 3.91. The molecule has 3 rings (SSSR count). The lowest BCUT2D eigenvalue weighted by molar-refractivity contribution is -0.917. The standard InChI is InChI=1S/C21H27N3OS/c1-25-20-9-7-19(8-10-20)17-23-13-15-24(16-14-23)21(26)22-12-11-18-5-3-2-4-6-18/h2-10H,11-17H2,1H3,(H,22,26)/p+1. The molecule has 138 valence electrons. The van der Waals surface area contributed by atoms with Crippen molar-refractivity contribution >= 4 is 17.3 Å². The van der Waals surface area contributed by atoms with Crippen LogP contribution in [0, 0.1) is 0 Å². The SMILES string of the molecule is COc1ccc(C[NH+]2CCN(C(=S)NCCc3ccccc3)CC2)cc1. The molecule has 0 aromatic heterocycles. The van der Waals surface area contributed by atoms with Crippen molar-refractivity contribution in [1.82, 2.24) is 10.2 Å². The van der Waals surface area contributed by atoms with Crippen LogP contribution in [0.2, 0.25) is 0 Å². The minimum atomic E-state index is 0.891. The number of rotatable bonds is 6. The summed E-state index contributed by atoms with van der Waals surface area (Å²) >= 11 is 5.58. The Kier molecular flexibility index (Phi) is 6.86. The largest absolute Gasteiger partial charge is 0.497 e. The minimum Gasteiger partial charge on any atom is -0.497 e. The summed E-state index contributed by atoms with van der Waals surface area (Å²) in [5.74, 6) is 0.917. The van der Waals surface area contributed by atoms with Crippen molar-refractivity contribution in [2.24, 2.45) is 0 Å². The molecule has 0 amide bonds. The molecule has 1 saturated heterocycles. The third kappa shape index (κ3) is 5.44. The fourth-order valence-electron chi connectivity index (χ4n) is 3.31. The third-order valence-corrected chi connectivity index (χ3v) is 5.31. The van der Waals surface area contributed by atoms with Crippen LogP contribution >= 0.6 is 12.2 Å². The lowest BCUT2D eigenvalue weighted by Crippen LogP contribution is -3.13. The molecule has 0 unspecified atom stereocenters. The van der Waals surface area contributed by atoms with Crippen LogP contribution in [0.4, 0.5) is 0 Å². The average molecular weight is 371 g/mol. The molecule has 4 nitrogen and oxygen atoms in total. The highest BCUT2D eigenvalue weighted by molar-refractivity contribution is 7.80. The summed E-state index contributed by atoms with van der Waals surface area (Å²) in [6.07, 6.45) is 1.00. The summed E-state index contributed by atoms with van der Waals surface area (Å²) in [5.41, 5.74) is 2.70. The first-order valence-corrected chi connectivity index (χ1v) is 9.68. The Morgan fingerprint density at radius 2 is 1.73 bits per heavy atom. The maximum Gasteiger partial charge on any atom is 0.169 e. The van der Waals surface area contributed by atoms with Crippen LogP contribution in [0.3, 0.4) is 0 Å². The summed E-state index contributed by atoms with van der Waals surface area (Å²) in [7, 11) is 1.70. The molecule has 2 aromatic rings. The van der Waals surface area contributed by atoms with Gasteiger partial charge < -0.3 is 19.9 Å². The van der Waals surface area contributed by atoms with E-state index in [0.29, 0.717) is 0 Å². The first kappa shape index (κ1) is 18.7. The molecule has 0 bridgehead atoms. The second-order valence-corrected chi connectivity index (χ2v) is 7.12. The van der Waals surface area contributed by atoms with Gasteiger partial charge in [0.15, 0.2) is 5.11 Å². The molecule has 0 radical (unpaired) electrons. The van der Waals surface area contributed by atoms with Crippen molar-refractivity contribution in [1.29, 1.82) is 0 Å². The van der Waals surface area contributed by atoms with Crippen LogP contribution in [0.5, 0.6) is 5.75 Å². The minimum absolute atomic E-state index is 0.891. The molecule has 0 atom stereocenters. The molecular formula is C21H28N3OS+. The fraction of sp³-hybridized carbons (Fsp3) is 0.381. The van der Waals surface area contributed by atoms with Gasteiger partial charge in [-0.2, -0.15) is 0 Å². The number of benzene rings is 2. The molecule has 0 spiro atoms. The van der Waals surface area contributed by atoms with E-state index in [2.05, 4.69) is 52.7 Å². The Morgan fingerprint density at radius 3 is 2.38 bits per heavy atom. The number of quaternary nitrogens is 1. The number of ether oxygens (including phenoxy) is 1. The van der Waals surface area contributed by atoms with E-state index in [9.17, 15) is 0 Å². The van der Waals surface area contributed by atoms with E-state index in [4.69, 9.17) is 17.0 Å². The second-order valence-electron chi connectivity index (χ2n) is 6.73. The van der Waals surface area contributed by atoms with Gasteiger partial charge in [0.2, 0.25) is 0 Å². The van der Waals surface area contributed by atoms with Crippen molar-refractivity contribution in [3.63, 3.8) is 0 Å². The van der Waals surface area contributed by atoms with E-state index in [-0.39, 0.29) is 0 Å². The highest BCUT2D eigenvalue weighted by atomic mass is 32.1. The van der Waals surface area contributed by atoms with Crippen molar-refractivity contribution in [3.8, 4) is 5.75 Å². The van der Waals surface area contributed by atoms with Crippen LogP contribution < -0.4 is 15.0 Å². The van der Waals surface area contributed by atoms with Crippen LogP contribution in [0.15, 0.2) is 54.6 Å². The zero-order valence-corrected chi connectivity index (χ0v) is 16.2. The molecule has 0 aliphatic carbocycles. The summed E-state index contributed by atoms with van der Waals surface area (Å²) < 4.78 is 5.23. The second kappa shape index (κ2) is 9.55. The molecule has 1 heterocycles. The van der Waals surface area contributed by atoms with E-state index in [1.54, 1.807) is 12.0 Å². The topological polar surface area (TPSA) is 28.9 Å². The Balaban J connectivity index is 1.37. The third-order valence-electron chi connectivity index (χ3n) is 4.90. The average Bonchev–Trinajstić information content (AvgIpc) is 2.70. The van der Waals surface area contributed by atoms with Crippen molar-refractivity contribution < 1.29 is 9.64 Å². The van der Waals surface area contributed by atoms with E-state index in [1.807, 2.05) is 12.1 Å². The van der Waals surface area contributed by atoms with Crippen LogP contribution in [-0.4, -0.2) is 49.8 Å². The van der Waals surface area contributed by atoms with E-state index in [0.717, 1.165) is 56.6 Å². The predicted molar refractivity (Wildman–Crippen MR) is 110 cm³/mol. The smallest absolute Gasteiger partial charge is 0.169 e. The zero-order valence-electron chi connectivity index (χ0n) is 15.4. The number of hydrogen-bond donors (Lipinski definition) is 2. The normalized spacial score (nSPS) is 14.9. The highest BCUT2D eigenvalue weighted by Gasteiger charge is 2.21. The quantitative estimate of drug-likeness (QED) is 0.755. The highest BCUT2D eigenvalue weighted by Crippen LogP contribution is 2.10. The van der Waals surface area contributed by atoms with Gasteiger partial charge >= 0.3 is 0 Å². The molecule has 1 aliphatic rings. The first-order valence-electron chi connectivity index (χ1n) is 9.28. The maximum atomic E-state index is 5.58. The van der Waals surface area contributed by atoms with Gasteiger partial charge in [-0.3, -0.25) is 0 Å². The van der Waals surface area contributed by atoms with Gasteiger partial charge in [0, 0.05) is 12.1 Å². The molecule has 26 heavy (non-hydrogen) atoms. The van der Waals surface area contributed by atoms with E-state index in [1.165, 1.54) is 11.1 Å². The molecule has 2 aromatic carbocycles. The predicted octanol–water partition coefficient (Wildman–Crippen LogP) is 1.51. The van der Waals surface area contributed by atoms with Crippen molar-refractivity contribution in [3.05, 3.63) is 65.7 Å². The number of thiocarbonyl (C=S) groups is 1. The van der Waals surface area contributed by atoms with Gasteiger partial charge in [0.1, 0.15) is 12.3 Å². The number of hydrogen-bond acceptors (Lipinski definition) is 2. The van der Waals surface area contributed by atoms with Crippen LogP contribution in [0.1, 0.15) is 11.1 Å². The Labute approximate surface area is 161 Å². The van der Waals surface area contributed by atoms with Gasteiger partial charge in [-0.1, -0.05) is 30.3 Å². The van der Waals surface area contributed by atoms with Crippen molar-refractivity contribution in [2.45, 2.75) is 13.0 Å². The molecule has 1 fully saturated rings. The first-order chi connectivity index (χ1) is 12.7. The maximum absolute atomic E-state index is 5.58. The lowest BCUT2D eigenvalue weighted by atomic mass is 10.1. The van der Waals surface area contributed by atoms with E-state index >= 15 is 0 Å². The lowest BCUT2D eigenvalue weighted by Gasteiger charge is -2.34. The van der Waals surface area contributed by atoms with Crippen molar-refractivity contribution in [2.75, 3.05) is 39.8 Å². The zero-order chi connectivity index (χ0) is 18.2.